The van der Waals surface area contributed by atoms with Gasteiger partial charge in [-0.2, -0.15) is 5.26 Å². The van der Waals surface area contributed by atoms with E-state index in [2.05, 4.69) is 34.1 Å². The first-order valence-corrected chi connectivity index (χ1v) is 5.31. The summed E-state index contributed by atoms with van der Waals surface area (Å²) in [6.45, 7) is 1.42. The largest absolute Gasteiger partial charge is 0.293 e. The third-order valence-corrected chi connectivity index (χ3v) is 2.56. The molecule has 0 atom stereocenters. The Kier molecular flexibility index (Phi) is 4.64. The zero-order chi connectivity index (χ0) is 10.4. The van der Waals surface area contributed by atoms with Gasteiger partial charge in [-0.3, -0.25) is 4.90 Å². The minimum atomic E-state index is 0.497. The molecule has 0 radical (unpaired) electrons. The SMILES string of the molecule is CN(CC#N)CCc1ccc(Br)cc1. The van der Waals surface area contributed by atoms with Crippen LogP contribution in [0.4, 0.5) is 0 Å². The highest BCUT2D eigenvalue weighted by Crippen LogP contribution is 2.10. The van der Waals surface area contributed by atoms with Crippen molar-refractivity contribution in [3.05, 3.63) is 34.3 Å². The first-order chi connectivity index (χ1) is 6.72. The van der Waals surface area contributed by atoms with Gasteiger partial charge >= 0.3 is 0 Å². The smallest absolute Gasteiger partial charge is 0.0863 e. The van der Waals surface area contributed by atoms with E-state index in [0.717, 1.165) is 17.4 Å². The van der Waals surface area contributed by atoms with Crippen molar-refractivity contribution in [1.29, 1.82) is 5.26 Å². The third-order valence-electron chi connectivity index (χ3n) is 2.04. The molecule has 14 heavy (non-hydrogen) atoms. The van der Waals surface area contributed by atoms with Gasteiger partial charge in [0.1, 0.15) is 0 Å². The van der Waals surface area contributed by atoms with Crippen LogP contribution in [0.1, 0.15) is 5.56 Å². The van der Waals surface area contributed by atoms with Gasteiger partial charge in [-0.15, -0.1) is 0 Å². The molecule has 74 valence electrons. The fourth-order valence-electron chi connectivity index (χ4n) is 1.17. The number of nitriles is 1. The summed E-state index contributed by atoms with van der Waals surface area (Å²) in [5.41, 5.74) is 1.30. The molecule has 0 saturated carbocycles. The maximum atomic E-state index is 8.47. The molecule has 1 rings (SSSR count). The summed E-state index contributed by atoms with van der Waals surface area (Å²) in [5, 5.41) is 8.47. The standard InChI is InChI=1S/C11H13BrN2/c1-14(9-7-13)8-6-10-2-4-11(12)5-3-10/h2-5H,6,8-9H2,1H3. The van der Waals surface area contributed by atoms with Gasteiger partial charge in [0.05, 0.1) is 12.6 Å². The summed E-state index contributed by atoms with van der Waals surface area (Å²) in [7, 11) is 1.96. The minimum Gasteiger partial charge on any atom is -0.293 e. The first-order valence-electron chi connectivity index (χ1n) is 4.52. The lowest BCUT2D eigenvalue weighted by molar-refractivity contribution is 0.379. The second kappa shape index (κ2) is 5.79. The zero-order valence-electron chi connectivity index (χ0n) is 8.20. The minimum absolute atomic E-state index is 0.497. The number of hydrogen-bond acceptors (Lipinski definition) is 2. The fourth-order valence-corrected chi connectivity index (χ4v) is 1.44. The normalized spacial score (nSPS) is 10.1. The summed E-state index contributed by atoms with van der Waals surface area (Å²) in [6.07, 6.45) is 0.992. The quantitative estimate of drug-likeness (QED) is 0.770. The van der Waals surface area contributed by atoms with Crippen LogP contribution >= 0.6 is 15.9 Å². The summed E-state index contributed by atoms with van der Waals surface area (Å²) in [4.78, 5) is 2.02. The molecule has 0 aromatic heterocycles. The zero-order valence-corrected chi connectivity index (χ0v) is 9.79. The van der Waals surface area contributed by atoms with Crippen molar-refractivity contribution in [2.24, 2.45) is 0 Å². The van der Waals surface area contributed by atoms with Crippen molar-refractivity contribution in [1.82, 2.24) is 4.90 Å². The molecule has 1 aromatic carbocycles. The van der Waals surface area contributed by atoms with E-state index in [1.165, 1.54) is 5.56 Å². The van der Waals surface area contributed by atoms with E-state index in [4.69, 9.17) is 5.26 Å². The molecule has 0 amide bonds. The van der Waals surface area contributed by atoms with Crippen LogP contribution in [0.25, 0.3) is 0 Å². The van der Waals surface area contributed by atoms with Crippen molar-refractivity contribution in [2.45, 2.75) is 6.42 Å². The van der Waals surface area contributed by atoms with E-state index in [1.807, 2.05) is 24.1 Å². The van der Waals surface area contributed by atoms with Gasteiger partial charge < -0.3 is 0 Å². The summed E-state index contributed by atoms with van der Waals surface area (Å²) < 4.78 is 1.10. The van der Waals surface area contributed by atoms with Crippen LogP contribution in [0.3, 0.4) is 0 Å². The lowest BCUT2D eigenvalue weighted by atomic mass is 10.1. The molecule has 0 aliphatic rings. The molecule has 0 bridgehead atoms. The number of benzene rings is 1. The van der Waals surface area contributed by atoms with E-state index in [1.54, 1.807) is 0 Å². The van der Waals surface area contributed by atoms with Crippen LogP contribution in [-0.2, 0) is 6.42 Å². The Morgan fingerprint density at radius 3 is 2.57 bits per heavy atom. The number of halogens is 1. The summed E-state index contributed by atoms with van der Waals surface area (Å²) >= 11 is 3.40. The van der Waals surface area contributed by atoms with Gasteiger partial charge in [0.2, 0.25) is 0 Å². The lowest BCUT2D eigenvalue weighted by Crippen LogP contribution is -2.21. The van der Waals surface area contributed by atoms with Crippen LogP contribution in [-0.4, -0.2) is 25.0 Å². The molecule has 0 saturated heterocycles. The molecule has 0 N–H and O–H groups in total. The maximum Gasteiger partial charge on any atom is 0.0863 e. The fraction of sp³-hybridized carbons (Fsp3) is 0.364. The summed E-state index contributed by atoms with van der Waals surface area (Å²) in [6, 6.07) is 10.4. The number of likely N-dealkylation sites (N-methyl/N-ethyl adjacent to an activating group) is 1. The van der Waals surface area contributed by atoms with Crippen LogP contribution in [0.15, 0.2) is 28.7 Å². The Morgan fingerprint density at radius 1 is 1.36 bits per heavy atom. The second-order valence-corrected chi connectivity index (χ2v) is 4.19. The van der Waals surface area contributed by atoms with Crippen LogP contribution in [0.2, 0.25) is 0 Å². The topological polar surface area (TPSA) is 27.0 Å². The molecule has 0 fully saturated rings. The third kappa shape index (κ3) is 3.91. The molecule has 0 spiro atoms. The van der Waals surface area contributed by atoms with E-state index >= 15 is 0 Å². The first kappa shape index (κ1) is 11.2. The van der Waals surface area contributed by atoms with Gasteiger partial charge in [0, 0.05) is 11.0 Å². The van der Waals surface area contributed by atoms with Gasteiger partial charge in [-0.1, -0.05) is 28.1 Å². The molecule has 0 aliphatic heterocycles. The molecule has 3 heteroatoms. The average Bonchev–Trinajstić information content (AvgIpc) is 2.17. The van der Waals surface area contributed by atoms with Gasteiger partial charge in [0.15, 0.2) is 0 Å². The molecule has 1 aromatic rings. The van der Waals surface area contributed by atoms with E-state index < -0.39 is 0 Å². The van der Waals surface area contributed by atoms with Crippen molar-refractivity contribution < 1.29 is 0 Å². The van der Waals surface area contributed by atoms with Crippen molar-refractivity contribution >= 4 is 15.9 Å². The van der Waals surface area contributed by atoms with Gasteiger partial charge in [-0.05, 0) is 31.2 Å². The Bertz CT molecular complexity index is 313. The predicted molar refractivity (Wildman–Crippen MR) is 61.0 cm³/mol. The Labute approximate surface area is 93.3 Å². The number of nitrogens with zero attached hydrogens (tertiary/aromatic N) is 2. The second-order valence-electron chi connectivity index (χ2n) is 3.27. The van der Waals surface area contributed by atoms with Gasteiger partial charge in [-0.25, -0.2) is 0 Å². The highest BCUT2D eigenvalue weighted by atomic mass is 79.9. The van der Waals surface area contributed by atoms with Crippen LogP contribution < -0.4 is 0 Å². The summed E-state index contributed by atoms with van der Waals surface area (Å²) in [5.74, 6) is 0. The van der Waals surface area contributed by atoms with Crippen LogP contribution in [0.5, 0.6) is 0 Å². The van der Waals surface area contributed by atoms with E-state index in [-0.39, 0.29) is 0 Å². The van der Waals surface area contributed by atoms with E-state index in [0.29, 0.717) is 6.54 Å². The molecule has 2 nitrogen and oxygen atoms in total. The monoisotopic (exact) mass is 252 g/mol. The molecule has 0 unspecified atom stereocenters. The number of rotatable bonds is 4. The average molecular weight is 253 g/mol. The van der Waals surface area contributed by atoms with Crippen molar-refractivity contribution in [2.75, 3.05) is 20.1 Å². The van der Waals surface area contributed by atoms with E-state index in [9.17, 15) is 0 Å². The van der Waals surface area contributed by atoms with Crippen molar-refractivity contribution in [3.63, 3.8) is 0 Å². The van der Waals surface area contributed by atoms with Crippen LogP contribution in [0, 0.1) is 11.3 Å². The van der Waals surface area contributed by atoms with Gasteiger partial charge in [0.25, 0.3) is 0 Å². The molecular formula is C11H13BrN2. The Hall–Kier alpha value is -0.850. The highest BCUT2D eigenvalue weighted by molar-refractivity contribution is 9.10. The number of hydrogen-bond donors (Lipinski definition) is 0. The maximum absolute atomic E-state index is 8.47. The Morgan fingerprint density at radius 2 is 2.00 bits per heavy atom. The lowest BCUT2D eigenvalue weighted by Gasteiger charge is -2.11. The Balaban J connectivity index is 2.39. The predicted octanol–water partition coefficient (Wildman–Crippen LogP) is 2.45. The highest BCUT2D eigenvalue weighted by Gasteiger charge is 1.98. The molecular weight excluding hydrogens is 240 g/mol. The molecule has 0 heterocycles. The molecule has 0 aliphatic carbocycles. The van der Waals surface area contributed by atoms with Crippen molar-refractivity contribution in [3.8, 4) is 6.07 Å².